The lowest BCUT2D eigenvalue weighted by Crippen LogP contribution is -2.44. The maximum absolute atomic E-state index is 12.9. The van der Waals surface area contributed by atoms with Crippen LogP contribution < -0.4 is 10.5 Å². The van der Waals surface area contributed by atoms with E-state index in [1.54, 1.807) is 24.3 Å². The van der Waals surface area contributed by atoms with Crippen molar-refractivity contribution < 1.29 is 19.1 Å². The first-order chi connectivity index (χ1) is 13.0. The van der Waals surface area contributed by atoms with E-state index in [4.69, 9.17) is 10.5 Å². The summed E-state index contributed by atoms with van der Waals surface area (Å²) in [5.41, 5.74) is 5.57. The van der Waals surface area contributed by atoms with Gasteiger partial charge in [0.15, 0.2) is 6.61 Å². The number of piperidine rings is 2. The van der Waals surface area contributed by atoms with Crippen LogP contribution in [0.3, 0.4) is 0 Å². The zero-order chi connectivity index (χ0) is 19.2. The molecule has 2 N–H and O–H groups in total. The summed E-state index contributed by atoms with van der Waals surface area (Å²) in [6.07, 6.45) is 4.53. The van der Waals surface area contributed by atoms with Crippen molar-refractivity contribution in [2.24, 2.45) is 11.7 Å². The van der Waals surface area contributed by atoms with E-state index in [-0.39, 0.29) is 18.4 Å². The molecule has 2 fully saturated rings. The van der Waals surface area contributed by atoms with Crippen LogP contribution >= 0.6 is 0 Å². The van der Waals surface area contributed by atoms with Crippen LogP contribution in [0.1, 0.15) is 42.5 Å². The van der Waals surface area contributed by atoms with E-state index in [9.17, 15) is 14.4 Å². The number of para-hydroxylation sites is 1. The molecule has 1 aromatic carbocycles. The molecule has 146 valence electrons. The molecule has 0 atom stereocenters. The summed E-state index contributed by atoms with van der Waals surface area (Å²) >= 11 is 0. The molecule has 1 aromatic rings. The summed E-state index contributed by atoms with van der Waals surface area (Å²) in [4.78, 5) is 39.6. The van der Waals surface area contributed by atoms with Crippen molar-refractivity contribution in [1.82, 2.24) is 9.80 Å². The minimum Gasteiger partial charge on any atom is -0.483 e. The summed E-state index contributed by atoms with van der Waals surface area (Å²) in [7, 11) is 0. The lowest BCUT2D eigenvalue weighted by Gasteiger charge is -2.36. The van der Waals surface area contributed by atoms with E-state index < -0.39 is 5.91 Å². The fraction of sp³-hybridized carbons (Fsp3) is 0.550. The van der Waals surface area contributed by atoms with Crippen molar-refractivity contribution in [3.8, 4) is 5.75 Å². The van der Waals surface area contributed by atoms with Crippen LogP contribution in [-0.2, 0) is 9.59 Å². The van der Waals surface area contributed by atoms with Gasteiger partial charge in [0.2, 0.25) is 5.91 Å². The molecule has 2 aliphatic heterocycles. The van der Waals surface area contributed by atoms with Crippen LogP contribution in [0.4, 0.5) is 0 Å². The van der Waals surface area contributed by atoms with E-state index in [1.807, 2.05) is 9.80 Å². The number of primary amides is 1. The van der Waals surface area contributed by atoms with Crippen LogP contribution in [0.2, 0.25) is 0 Å². The Labute approximate surface area is 159 Å². The molecule has 2 saturated heterocycles. The van der Waals surface area contributed by atoms with Gasteiger partial charge in [-0.05, 0) is 43.7 Å². The molecule has 2 aliphatic rings. The van der Waals surface area contributed by atoms with Crippen LogP contribution in [0.5, 0.6) is 5.75 Å². The Morgan fingerprint density at radius 1 is 1.11 bits per heavy atom. The van der Waals surface area contributed by atoms with Gasteiger partial charge in [-0.2, -0.15) is 0 Å². The molecule has 3 rings (SSSR count). The summed E-state index contributed by atoms with van der Waals surface area (Å²) < 4.78 is 5.38. The van der Waals surface area contributed by atoms with Crippen molar-refractivity contribution in [3.05, 3.63) is 29.8 Å². The van der Waals surface area contributed by atoms with Crippen molar-refractivity contribution in [3.63, 3.8) is 0 Å². The first kappa shape index (κ1) is 19.2. The largest absolute Gasteiger partial charge is 0.483 e. The smallest absolute Gasteiger partial charge is 0.257 e. The molecule has 7 heteroatoms. The summed E-state index contributed by atoms with van der Waals surface area (Å²) in [5, 5.41) is 0. The third kappa shape index (κ3) is 4.99. The first-order valence-electron chi connectivity index (χ1n) is 9.62. The highest BCUT2D eigenvalue weighted by Crippen LogP contribution is 2.25. The van der Waals surface area contributed by atoms with Gasteiger partial charge in [0.05, 0.1) is 5.56 Å². The molecular weight excluding hydrogens is 346 g/mol. The zero-order valence-electron chi connectivity index (χ0n) is 15.6. The van der Waals surface area contributed by atoms with Gasteiger partial charge in [-0.3, -0.25) is 14.4 Å². The molecule has 0 aliphatic carbocycles. The van der Waals surface area contributed by atoms with Crippen LogP contribution in [-0.4, -0.2) is 60.3 Å². The van der Waals surface area contributed by atoms with E-state index in [0.29, 0.717) is 36.7 Å². The second kappa shape index (κ2) is 8.88. The Hall–Kier alpha value is -2.57. The molecule has 0 unspecified atom stereocenters. The molecule has 0 radical (unpaired) electrons. The lowest BCUT2D eigenvalue weighted by atomic mass is 9.94. The maximum Gasteiger partial charge on any atom is 0.257 e. The number of rotatable bonds is 6. The van der Waals surface area contributed by atoms with E-state index in [1.165, 1.54) is 0 Å². The second-order valence-corrected chi connectivity index (χ2v) is 7.28. The molecule has 3 amide bonds. The van der Waals surface area contributed by atoms with Gasteiger partial charge in [0, 0.05) is 32.6 Å². The Morgan fingerprint density at radius 3 is 2.56 bits per heavy atom. The van der Waals surface area contributed by atoms with Crippen LogP contribution in [0.25, 0.3) is 0 Å². The standard InChI is InChI=1S/C20H27N3O4/c21-18(24)14-27-17-6-2-1-5-16(17)20(26)22-11-8-15(9-12-22)13-23-10-4-3-7-19(23)25/h1-2,5-6,15H,3-4,7-14H2,(H2,21,24). The zero-order valence-corrected chi connectivity index (χ0v) is 15.6. The number of hydrogen-bond donors (Lipinski definition) is 1. The minimum atomic E-state index is -0.578. The quantitative estimate of drug-likeness (QED) is 0.816. The SMILES string of the molecule is NC(=O)COc1ccccc1C(=O)N1CCC(CN2CCCCC2=O)CC1. The molecular formula is C20H27N3O4. The monoisotopic (exact) mass is 373 g/mol. The number of hydrogen-bond acceptors (Lipinski definition) is 4. The van der Waals surface area contributed by atoms with Crippen molar-refractivity contribution in [2.75, 3.05) is 32.8 Å². The number of amides is 3. The molecule has 2 heterocycles. The number of carbonyl (C=O) groups excluding carboxylic acids is 3. The number of nitrogens with two attached hydrogens (primary N) is 1. The van der Waals surface area contributed by atoms with Gasteiger partial charge in [0.1, 0.15) is 5.75 Å². The van der Waals surface area contributed by atoms with Gasteiger partial charge in [-0.25, -0.2) is 0 Å². The predicted octanol–water partition coefficient (Wildman–Crippen LogP) is 1.42. The van der Waals surface area contributed by atoms with E-state index in [0.717, 1.165) is 38.8 Å². The summed E-state index contributed by atoms with van der Waals surface area (Å²) in [6.45, 7) is 2.74. The van der Waals surface area contributed by atoms with Crippen molar-refractivity contribution in [2.45, 2.75) is 32.1 Å². The van der Waals surface area contributed by atoms with E-state index in [2.05, 4.69) is 0 Å². The Bertz CT molecular complexity index is 698. The Kier molecular flexibility index (Phi) is 6.32. The number of likely N-dealkylation sites (tertiary alicyclic amines) is 2. The van der Waals surface area contributed by atoms with E-state index >= 15 is 0 Å². The Balaban J connectivity index is 1.55. The number of ether oxygens (including phenoxy) is 1. The van der Waals surface area contributed by atoms with Crippen molar-refractivity contribution in [1.29, 1.82) is 0 Å². The first-order valence-corrected chi connectivity index (χ1v) is 9.62. The average Bonchev–Trinajstić information content (AvgIpc) is 2.68. The van der Waals surface area contributed by atoms with Gasteiger partial charge < -0.3 is 20.3 Å². The lowest BCUT2D eigenvalue weighted by molar-refractivity contribution is -0.134. The maximum atomic E-state index is 12.9. The van der Waals surface area contributed by atoms with Gasteiger partial charge in [-0.1, -0.05) is 12.1 Å². The minimum absolute atomic E-state index is 0.0948. The fourth-order valence-corrected chi connectivity index (χ4v) is 3.77. The molecule has 0 aromatic heterocycles. The third-order valence-corrected chi connectivity index (χ3v) is 5.29. The summed E-state index contributed by atoms with van der Waals surface area (Å²) in [6, 6.07) is 6.91. The number of nitrogens with zero attached hydrogens (tertiary/aromatic N) is 2. The fourth-order valence-electron chi connectivity index (χ4n) is 3.77. The molecule has 0 saturated carbocycles. The average molecular weight is 373 g/mol. The third-order valence-electron chi connectivity index (χ3n) is 5.29. The van der Waals surface area contributed by atoms with Gasteiger partial charge in [0.25, 0.3) is 11.8 Å². The molecule has 27 heavy (non-hydrogen) atoms. The summed E-state index contributed by atoms with van der Waals surface area (Å²) in [5.74, 6) is 0.410. The highest BCUT2D eigenvalue weighted by Gasteiger charge is 2.28. The van der Waals surface area contributed by atoms with Crippen LogP contribution in [0.15, 0.2) is 24.3 Å². The molecule has 0 bridgehead atoms. The topological polar surface area (TPSA) is 92.9 Å². The normalized spacial score (nSPS) is 18.4. The number of carbonyl (C=O) groups is 3. The number of benzene rings is 1. The van der Waals surface area contributed by atoms with Gasteiger partial charge in [-0.15, -0.1) is 0 Å². The Morgan fingerprint density at radius 2 is 1.85 bits per heavy atom. The highest BCUT2D eigenvalue weighted by molar-refractivity contribution is 5.97. The molecule has 7 nitrogen and oxygen atoms in total. The predicted molar refractivity (Wildman–Crippen MR) is 100 cm³/mol. The highest BCUT2D eigenvalue weighted by atomic mass is 16.5. The van der Waals surface area contributed by atoms with Gasteiger partial charge >= 0.3 is 0 Å². The van der Waals surface area contributed by atoms with Crippen molar-refractivity contribution >= 4 is 17.7 Å². The molecule has 0 spiro atoms. The second-order valence-electron chi connectivity index (χ2n) is 7.28. The van der Waals surface area contributed by atoms with Crippen LogP contribution in [0, 0.1) is 5.92 Å².